The molecule has 2 aliphatic rings. The van der Waals surface area contributed by atoms with Gasteiger partial charge in [-0.3, -0.25) is 4.90 Å². The van der Waals surface area contributed by atoms with Gasteiger partial charge in [0.15, 0.2) is 0 Å². The summed E-state index contributed by atoms with van der Waals surface area (Å²) in [5.74, 6) is 1.83. The molecule has 1 aliphatic heterocycles. The van der Waals surface area contributed by atoms with E-state index >= 15 is 0 Å². The van der Waals surface area contributed by atoms with E-state index in [4.69, 9.17) is 0 Å². The van der Waals surface area contributed by atoms with E-state index in [1.165, 1.54) is 64.6 Å². The average molecular weight is 266 g/mol. The Kier molecular flexibility index (Phi) is 6.15. The number of piperidine rings is 1. The van der Waals surface area contributed by atoms with E-state index in [2.05, 4.69) is 31.0 Å². The topological polar surface area (TPSA) is 15.3 Å². The lowest BCUT2D eigenvalue weighted by Gasteiger charge is -2.44. The highest BCUT2D eigenvalue weighted by molar-refractivity contribution is 4.89. The van der Waals surface area contributed by atoms with Gasteiger partial charge in [0.25, 0.3) is 0 Å². The van der Waals surface area contributed by atoms with Gasteiger partial charge < -0.3 is 5.32 Å². The van der Waals surface area contributed by atoms with Gasteiger partial charge >= 0.3 is 0 Å². The molecular weight excluding hydrogens is 232 g/mol. The van der Waals surface area contributed by atoms with Crippen LogP contribution in [0.15, 0.2) is 0 Å². The van der Waals surface area contributed by atoms with E-state index in [-0.39, 0.29) is 0 Å². The second-order valence-electron chi connectivity index (χ2n) is 6.94. The summed E-state index contributed by atoms with van der Waals surface area (Å²) in [5.41, 5.74) is 0. The fourth-order valence-corrected chi connectivity index (χ4v) is 4.14. The van der Waals surface area contributed by atoms with Crippen LogP contribution in [0, 0.1) is 11.8 Å². The summed E-state index contributed by atoms with van der Waals surface area (Å²) < 4.78 is 0. The van der Waals surface area contributed by atoms with Crippen molar-refractivity contribution in [3.05, 3.63) is 0 Å². The van der Waals surface area contributed by atoms with Crippen molar-refractivity contribution < 1.29 is 0 Å². The summed E-state index contributed by atoms with van der Waals surface area (Å²) in [5, 5.41) is 3.78. The van der Waals surface area contributed by atoms with Crippen molar-refractivity contribution in [1.29, 1.82) is 0 Å². The number of hydrogen-bond acceptors (Lipinski definition) is 2. The Morgan fingerprint density at radius 1 is 1.16 bits per heavy atom. The summed E-state index contributed by atoms with van der Waals surface area (Å²) in [6.45, 7) is 11.0. The Labute approximate surface area is 120 Å². The molecule has 2 nitrogen and oxygen atoms in total. The van der Waals surface area contributed by atoms with E-state index in [9.17, 15) is 0 Å². The van der Waals surface area contributed by atoms with Gasteiger partial charge in [-0.15, -0.1) is 0 Å². The Morgan fingerprint density at radius 2 is 2.00 bits per heavy atom. The van der Waals surface area contributed by atoms with Crippen LogP contribution in [-0.4, -0.2) is 36.6 Å². The molecule has 0 aromatic rings. The number of nitrogens with one attached hydrogen (secondary N) is 1. The maximum Gasteiger partial charge on any atom is 0.0120 e. The maximum absolute atomic E-state index is 3.78. The van der Waals surface area contributed by atoms with Crippen LogP contribution in [0.3, 0.4) is 0 Å². The number of nitrogens with zero attached hydrogens (tertiary/aromatic N) is 1. The third kappa shape index (κ3) is 4.19. The smallest absolute Gasteiger partial charge is 0.0120 e. The molecule has 0 aromatic carbocycles. The Bertz CT molecular complexity index is 254. The average Bonchev–Trinajstić information content (AvgIpc) is 2.45. The molecule has 1 aliphatic carbocycles. The second kappa shape index (κ2) is 7.64. The van der Waals surface area contributed by atoms with Crippen LogP contribution in [0.2, 0.25) is 0 Å². The van der Waals surface area contributed by atoms with Crippen molar-refractivity contribution in [3.63, 3.8) is 0 Å². The summed E-state index contributed by atoms with van der Waals surface area (Å²) in [6.07, 6.45) is 9.77. The normalized spacial score (nSPS) is 37.4. The molecule has 1 saturated heterocycles. The SMILES string of the molecule is CCCNC1CCN(C2CCCC(C)C2)CC1CC. The summed E-state index contributed by atoms with van der Waals surface area (Å²) in [7, 11) is 0. The quantitative estimate of drug-likeness (QED) is 0.817. The Morgan fingerprint density at radius 3 is 2.68 bits per heavy atom. The van der Waals surface area contributed by atoms with E-state index in [0.29, 0.717) is 0 Å². The molecule has 0 spiro atoms. The first-order valence-corrected chi connectivity index (χ1v) is 8.72. The van der Waals surface area contributed by atoms with Crippen LogP contribution in [0.25, 0.3) is 0 Å². The first kappa shape index (κ1) is 15.3. The van der Waals surface area contributed by atoms with E-state index < -0.39 is 0 Å². The third-order valence-electron chi connectivity index (χ3n) is 5.37. The van der Waals surface area contributed by atoms with Crippen molar-refractivity contribution in [2.75, 3.05) is 19.6 Å². The van der Waals surface area contributed by atoms with Crippen molar-refractivity contribution in [2.24, 2.45) is 11.8 Å². The molecule has 1 saturated carbocycles. The molecule has 0 amide bonds. The van der Waals surface area contributed by atoms with Gasteiger partial charge in [-0.1, -0.05) is 40.0 Å². The monoisotopic (exact) mass is 266 g/mol. The van der Waals surface area contributed by atoms with Crippen molar-refractivity contribution >= 4 is 0 Å². The zero-order valence-corrected chi connectivity index (χ0v) is 13.3. The van der Waals surface area contributed by atoms with Crippen LogP contribution in [-0.2, 0) is 0 Å². The third-order valence-corrected chi connectivity index (χ3v) is 5.37. The molecule has 0 aromatic heterocycles. The van der Waals surface area contributed by atoms with Crippen molar-refractivity contribution in [1.82, 2.24) is 10.2 Å². The fraction of sp³-hybridized carbons (Fsp3) is 1.00. The van der Waals surface area contributed by atoms with Crippen LogP contribution >= 0.6 is 0 Å². The minimum absolute atomic E-state index is 0.780. The molecule has 1 heterocycles. The number of rotatable bonds is 5. The van der Waals surface area contributed by atoms with Gasteiger partial charge in [-0.05, 0) is 50.6 Å². The lowest BCUT2D eigenvalue weighted by Crippen LogP contribution is -2.53. The van der Waals surface area contributed by atoms with E-state index in [1.54, 1.807) is 0 Å². The van der Waals surface area contributed by atoms with Gasteiger partial charge in [-0.25, -0.2) is 0 Å². The van der Waals surface area contributed by atoms with E-state index in [0.717, 1.165) is 23.9 Å². The van der Waals surface area contributed by atoms with Crippen LogP contribution in [0.5, 0.6) is 0 Å². The number of hydrogen-bond donors (Lipinski definition) is 1. The number of likely N-dealkylation sites (tertiary alicyclic amines) is 1. The Hall–Kier alpha value is -0.0800. The molecule has 4 atom stereocenters. The zero-order valence-electron chi connectivity index (χ0n) is 13.3. The maximum atomic E-state index is 3.78. The molecule has 19 heavy (non-hydrogen) atoms. The van der Waals surface area contributed by atoms with Gasteiger partial charge in [0.1, 0.15) is 0 Å². The minimum atomic E-state index is 0.780. The predicted octanol–water partition coefficient (Wildman–Crippen LogP) is 3.67. The van der Waals surface area contributed by atoms with Crippen molar-refractivity contribution in [3.8, 4) is 0 Å². The molecule has 4 unspecified atom stereocenters. The van der Waals surface area contributed by atoms with Crippen molar-refractivity contribution in [2.45, 2.75) is 77.8 Å². The summed E-state index contributed by atoms with van der Waals surface area (Å²) >= 11 is 0. The lowest BCUT2D eigenvalue weighted by molar-refractivity contribution is 0.0656. The summed E-state index contributed by atoms with van der Waals surface area (Å²) in [6, 6.07) is 1.67. The molecular formula is C17H34N2. The molecule has 2 fully saturated rings. The van der Waals surface area contributed by atoms with Crippen LogP contribution in [0.4, 0.5) is 0 Å². The molecule has 0 bridgehead atoms. The first-order chi connectivity index (χ1) is 9.24. The largest absolute Gasteiger partial charge is 0.314 e. The molecule has 2 heteroatoms. The highest BCUT2D eigenvalue weighted by Crippen LogP contribution is 2.31. The van der Waals surface area contributed by atoms with Crippen LogP contribution < -0.4 is 5.32 Å². The second-order valence-corrected chi connectivity index (χ2v) is 6.94. The minimum Gasteiger partial charge on any atom is -0.314 e. The summed E-state index contributed by atoms with van der Waals surface area (Å²) in [4.78, 5) is 2.83. The lowest BCUT2D eigenvalue weighted by atomic mass is 9.83. The molecule has 0 radical (unpaired) electrons. The fourth-order valence-electron chi connectivity index (χ4n) is 4.14. The van der Waals surface area contributed by atoms with Gasteiger partial charge in [0.05, 0.1) is 0 Å². The van der Waals surface area contributed by atoms with Gasteiger partial charge in [-0.2, -0.15) is 0 Å². The van der Waals surface area contributed by atoms with Gasteiger partial charge in [0, 0.05) is 18.6 Å². The van der Waals surface area contributed by atoms with Crippen LogP contribution in [0.1, 0.15) is 65.7 Å². The molecule has 1 N–H and O–H groups in total. The van der Waals surface area contributed by atoms with Gasteiger partial charge in [0.2, 0.25) is 0 Å². The zero-order chi connectivity index (χ0) is 13.7. The van der Waals surface area contributed by atoms with E-state index in [1.807, 2.05) is 0 Å². The Balaban J connectivity index is 1.85. The molecule has 112 valence electrons. The molecule has 2 rings (SSSR count). The predicted molar refractivity (Wildman–Crippen MR) is 83.5 cm³/mol. The standard InChI is InChI=1S/C17H34N2/c1-4-10-18-17-9-11-19(13-15(17)5-2)16-8-6-7-14(3)12-16/h14-18H,4-13H2,1-3H3. The highest BCUT2D eigenvalue weighted by Gasteiger charge is 2.32. The first-order valence-electron chi connectivity index (χ1n) is 8.72. The highest BCUT2D eigenvalue weighted by atomic mass is 15.2.